The number of piperidine rings is 1. The number of carbonyl (C=O) groups excluding carboxylic acids is 1. The first-order valence-corrected chi connectivity index (χ1v) is 7.38. The highest BCUT2D eigenvalue weighted by molar-refractivity contribution is 6.34. The van der Waals surface area contributed by atoms with E-state index in [1.165, 1.54) is 6.92 Å². The Labute approximate surface area is 128 Å². The fourth-order valence-electron chi connectivity index (χ4n) is 2.66. The summed E-state index contributed by atoms with van der Waals surface area (Å²) >= 11 is 6.18. The number of aromatic carboxylic acids is 1. The normalized spacial score (nSPS) is 15.8. The predicted molar refractivity (Wildman–Crippen MR) is 82.0 cm³/mol. The number of amides is 1. The molecule has 1 fully saturated rings. The van der Waals surface area contributed by atoms with Crippen LogP contribution in [0.5, 0.6) is 0 Å². The molecule has 0 bridgehead atoms. The predicted octanol–water partition coefficient (Wildman–Crippen LogP) is 2.39. The lowest BCUT2D eigenvalue weighted by atomic mass is 9.95. The highest BCUT2D eigenvalue weighted by Crippen LogP contribution is 2.33. The van der Waals surface area contributed by atoms with E-state index in [4.69, 9.17) is 11.6 Å². The number of benzene rings is 1. The number of nitrogens with one attached hydrogen (secondary N) is 1. The Morgan fingerprint density at radius 3 is 2.62 bits per heavy atom. The van der Waals surface area contributed by atoms with E-state index in [9.17, 15) is 14.7 Å². The molecular weight excluding hydrogens is 292 g/mol. The number of para-hydroxylation sites is 1. The maximum Gasteiger partial charge on any atom is 0.337 e. The number of nitrogens with zero attached hydrogens (tertiary/aromatic N) is 1. The summed E-state index contributed by atoms with van der Waals surface area (Å²) in [6, 6.07) is 4.94. The molecule has 2 rings (SSSR count). The average molecular weight is 311 g/mol. The molecule has 0 radical (unpaired) electrons. The first kappa shape index (κ1) is 15.6. The van der Waals surface area contributed by atoms with E-state index in [0.717, 1.165) is 25.9 Å². The zero-order valence-corrected chi connectivity index (χ0v) is 12.7. The van der Waals surface area contributed by atoms with Crippen molar-refractivity contribution in [3.8, 4) is 0 Å². The lowest BCUT2D eigenvalue weighted by Crippen LogP contribution is -2.39. The number of halogens is 1. The SMILES string of the molecule is CC(=O)NCC1CCN(c2c(Cl)cccc2C(=O)O)CC1. The second-order valence-electron chi connectivity index (χ2n) is 5.31. The minimum absolute atomic E-state index is 0.0169. The summed E-state index contributed by atoms with van der Waals surface area (Å²) < 4.78 is 0. The number of carboxylic acids is 1. The van der Waals surface area contributed by atoms with Gasteiger partial charge in [-0.05, 0) is 30.9 Å². The highest BCUT2D eigenvalue weighted by atomic mass is 35.5. The molecule has 1 aliphatic heterocycles. The van der Waals surface area contributed by atoms with Crippen molar-refractivity contribution < 1.29 is 14.7 Å². The van der Waals surface area contributed by atoms with Crippen LogP contribution in [0.25, 0.3) is 0 Å². The minimum Gasteiger partial charge on any atom is -0.478 e. The lowest BCUT2D eigenvalue weighted by Gasteiger charge is -2.34. The summed E-state index contributed by atoms with van der Waals surface area (Å²) in [5.74, 6) is -0.550. The molecule has 0 spiro atoms. The van der Waals surface area contributed by atoms with Crippen LogP contribution in [0.15, 0.2) is 18.2 Å². The van der Waals surface area contributed by atoms with Crippen molar-refractivity contribution in [2.24, 2.45) is 5.92 Å². The van der Waals surface area contributed by atoms with Gasteiger partial charge in [0.05, 0.1) is 16.3 Å². The third kappa shape index (κ3) is 3.88. The Bertz CT molecular complexity index is 540. The van der Waals surface area contributed by atoms with E-state index in [-0.39, 0.29) is 11.5 Å². The fourth-order valence-corrected chi connectivity index (χ4v) is 2.95. The van der Waals surface area contributed by atoms with Gasteiger partial charge in [0.2, 0.25) is 5.91 Å². The van der Waals surface area contributed by atoms with Crippen LogP contribution in [0.2, 0.25) is 5.02 Å². The van der Waals surface area contributed by atoms with Crippen molar-refractivity contribution in [1.82, 2.24) is 5.32 Å². The quantitative estimate of drug-likeness (QED) is 0.896. The standard InChI is InChI=1S/C15H19ClN2O3/c1-10(19)17-9-11-5-7-18(8-6-11)14-12(15(20)21)3-2-4-13(14)16/h2-4,11H,5-9H2,1H3,(H,17,19)(H,20,21). The van der Waals surface area contributed by atoms with Crippen molar-refractivity contribution >= 4 is 29.2 Å². The molecule has 21 heavy (non-hydrogen) atoms. The van der Waals surface area contributed by atoms with Crippen molar-refractivity contribution in [2.75, 3.05) is 24.5 Å². The average Bonchev–Trinajstić information content (AvgIpc) is 2.45. The Balaban J connectivity index is 2.06. The third-order valence-corrected chi connectivity index (χ3v) is 4.09. The van der Waals surface area contributed by atoms with Gasteiger partial charge >= 0.3 is 5.97 Å². The van der Waals surface area contributed by atoms with Crippen LogP contribution >= 0.6 is 11.6 Å². The van der Waals surface area contributed by atoms with E-state index in [2.05, 4.69) is 5.32 Å². The molecule has 1 heterocycles. The third-order valence-electron chi connectivity index (χ3n) is 3.79. The van der Waals surface area contributed by atoms with Crippen LogP contribution in [0, 0.1) is 5.92 Å². The maximum absolute atomic E-state index is 11.3. The fraction of sp³-hybridized carbons (Fsp3) is 0.467. The van der Waals surface area contributed by atoms with Gasteiger partial charge in [-0.2, -0.15) is 0 Å². The molecule has 1 aromatic carbocycles. The molecule has 1 amide bonds. The zero-order valence-electron chi connectivity index (χ0n) is 11.9. The van der Waals surface area contributed by atoms with Gasteiger partial charge < -0.3 is 15.3 Å². The van der Waals surface area contributed by atoms with E-state index in [0.29, 0.717) is 23.2 Å². The molecule has 1 saturated heterocycles. The van der Waals surface area contributed by atoms with Crippen molar-refractivity contribution in [2.45, 2.75) is 19.8 Å². The number of carbonyl (C=O) groups is 2. The highest BCUT2D eigenvalue weighted by Gasteiger charge is 2.24. The Morgan fingerprint density at radius 2 is 2.05 bits per heavy atom. The molecule has 1 aliphatic rings. The summed E-state index contributed by atoms with van der Waals surface area (Å²) in [6.07, 6.45) is 1.81. The van der Waals surface area contributed by atoms with Crippen molar-refractivity contribution in [3.63, 3.8) is 0 Å². The molecule has 0 saturated carbocycles. The zero-order chi connectivity index (χ0) is 15.4. The van der Waals surface area contributed by atoms with Crippen LogP contribution in [0.1, 0.15) is 30.1 Å². The van der Waals surface area contributed by atoms with Gasteiger partial charge in [0.25, 0.3) is 0 Å². The van der Waals surface area contributed by atoms with Crippen LogP contribution in [-0.2, 0) is 4.79 Å². The summed E-state index contributed by atoms with van der Waals surface area (Å²) in [6.45, 7) is 3.68. The monoisotopic (exact) mass is 310 g/mol. The Kier molecular flexibility index (Phi) is 5.07. The second kappa shape index (κ2) is 6.80. The first-order chi connectivity index (χ1) is 9.99. The van der Waals surface area contributed by atoms with Gasteiger partial charge in [-0.1, -0.05) is 17.7 Å². The molecule has 6 heteroatoms. The van der Waals surface area contributed by atoms with Gasteiger partial charge in [0, 0.05) is 26.6 Å². The molecular formula is C15H19ClN2O3. The molecule has 114 valence electrons. The summed E-state index contributed by atoms with van der Waals surface area (Å²) in [5.41, 5.74) is 0.840. The van der Waals surface area contributed by atoms with Crippen molar-refractivity contribution in [3.05, 3.63) is 28.8 Å². The topological polar surface area (TPSA) is 69.6 Å². The molecule has 0 aromatic heterocycles. The van der Waals surface area contributed by atoms with E-state index < -0.39 is 5.97 Å². The summed E-state index contributed by atoms with van der Waals surface area (Å²) in [5, 5.41) is 12.6. The van der Waals surface area contributed by atoms with Crippen LogP contribution in [-0.4, -0.2) is 36.6 Å². The lowest BCUT2D eigenvalue weighted by molar-refractivity contribution is -0.119. The van der Waals surface area contributed by atoms with E-state index in [1.807, 2.05) is 4.90 Å². The molecule has 5 nitrogen and oxygen atoms in total. The van der Waals surface area contributed by atoms with Gasteiger partial charge in [-0.3, -0.25) is 4.79 Å². The maximum atomic E-state index is 11.3. The van der Waals surface area contributed by atoms with Gasteiger partial charge in [-0.25, -0.2) is 4.79 Å². The molecule has 2 N–H and O–H groups in total. The molecule has 0 unspecified atom stereocenters. The van der Waals surface area contributed by atoms with Gasteiger partial charge in [0.15, 0.2) is 0 Å². The molecule has 0 atom stereocenters. The first-order valence-electron chi connectivity index (χ1n) is 7.00. The number of rotatable bonds is 4. The van der Waals surface area contributed by atoms with Gasteiger partial charge in [0.1, 0.15) is 0 Å². The van der Waals surface area contributed by atoms with E-state index >= 15 is 0 Å². The number of anilines is 1. The van der Waals surface area contributed by atoms with Crippen LogP contribution in [0.4, 0.5) is 5.69 Å². The van der Waals surface area contributed by atoms with Crippen LogP contribution < -0.4 is 10.2 Å². The van der Waals surface area contributed by atoms with Crippen molar-refractivity contribution in [1.29, 1.82) is 0 Å². The summed E-state index contributed by atoms with van der Waals surface area (Å²) in [7, 11) is 0. The minimum atomic E-state index is -0.965. The number of carboxylic acid groups (broad SMARTS) is 1. The second-order valence-corrected chi connectivity index (χ2v) is 5.72. The molecule has 0 aliphatic carbocycles. The van der Waals surface area contributed by atoms with Gasteiger partial charge in [-0.15, -0.1) is 0 Å². The van der Waals surface area contributed by atoms with E-state index in [1.54, 1.807) is 18.2 Å². The number of hydrogen-bond acceptors (Lipinski definition) is 3. The largest absolute Gasteiger partial charge is 0.478 e. The summed E-state index contributed by atoms with van der Waals surface area (Å²) in [4.78, 5) is 24.3. The Morgan fingerprint density at radius 1 is 1.38 bits per heavy atom. The van der Waals surface area contributed by atoms with Crippen LogP contribution in [0.3, 0.4) is 0 Å². The molecule has 1 aromatic rings. The number of hydrogen-bond donors (Lipinski definition) is 2. The smallest absolute Gasteiger partial charge is 0.337 e. The Hall–Kier alpha value is -1.75.